The minimum Gasteiger partial charge on any atom is -0.489 e. The molecule has 25 heavy (non-hydrogen) atoms. The third-order valence-electron chi connectivity index (χ3n) is 3.38. The van der Waals surface area contributed by atoms with Crippen molar-refractivity contribution in [1.29, 1.82) is 0 Å². The van der Waals surface area contributed by atoms with E-state index >= 15 is 0 Å². The van der Waals surface area contributed by atoms with Gasteiger partial charge < -0.3 is 10.1 Å². The van der Waals surface area contributed by atoms with Crippen molar-refractivity contribution >= 4 is 50.6 Å². The normalized spacial score (nSPS) is 10.5. The zero-order chi connectivity index (χ0) is 17.8. The lowest BCUT2D eigenvalue weighted by atomic mass is 10.2. The maximum atomic E-state index is 12.3. The molecule has 1 aromatic carbocycles. The molecule has 0 saturated heterocycles. The standard InChI is InChI=1S/C18H14BrClN2O2S/c1-11-6-14(20)3-4-15(11)24-9-12-7-16(25-10-12)18(23)22-17-5-2-13(19)8-21-17/h2-8,10H,9H2,1H3,(H,21,22,23). The fourth-order valence-corrected chi connectivity index (χ4v) is 3.39. The van der Waals surface area contributed by atoms with Crippen LogP contribution in [-0.2, 0) is 6.61 Å². The van der Waals surface area contributed by atoms with Crippen molar-refractivity contribution in [2.45, 2.75) is 13.5 Å². The number of rotatable bonds is 5. The second-order valence-electron chi connectivity index (χ2n) is 5.33. The van der Waals surface area contributed by atoms with E-state index in [9.17, 15) is 4.79 Å². The summed E-state index contributed by atoms with van der Waals surface area (Å²) in [6, 6.07) is 10.9. The number of amides is 1. The minimum absolute atomic E-state index is 0.186. The number of benzene rings is 1. The highest BCUT2D eigenvalue weighted by Crippen LogP contribution is 2.24. The van der Waals surface area contributed by atoms with Crippen molar-refractivity contribution < 1.29 is 9.53 Å². The average Bonchev–Trinajstić information content (AvgIpc) is 3.05. The predicted molar refractivity (Wildman–Crippen MR) is 105 cm³/mol. The Morgan fingerprint density at radius 3 is 2.88 bits per heavy atom. The second-order valence-corrected chi connectivity index (χ2v) is 7.60. The van der Waals surface area contributed by atoms with E-state index in [0.717, 1.165) is 21.3 Å². The van der Waals surface area contributed by atoms with Gasteiger partial charge in [0.25, 0.3) is 5.91 Å². The molecule has 0 bridgehead atoms. The van der Waals surface area contributed by atoms with Gasteiger partial charge in [-0.15, -0.1) is 11.3 Å². The fourth-order valence-electron chi connectivity index (χ4n) is 2.13. The number of anilines is 1. The molecule has 128 valence electrons. The first-order chi connectivity index (χ1) is 12.0. The zero-order valence-electron chi connectivity index (χ0n) is 13.3. The number of carbonyl (C=O) groups is 1. The van der Waals surface area contributed by atoms with Gasteiger partial charge >= 0.3 is 0 Å². The van der Waals surface area contributed by atoms with Gasteiger partial charge in [-0.3, -0.25) is 4.79 Å². The SMILES string of the molecule is Cc1cc(Cl)ccc1OCc1csc(C(=O)Nc2ccc(Br)cn2)c1. The summed E-state index contributed by atoms with van der Waals surface area (Å²) in [5.74, 6) is 1.10. The van der Waals surface area contributed by atoms with Crippen molar-refractivity contribution in [3.05, 3.63) is 73.5 Å². The molecule has 3 rings (SSSR count). The van der Waals surface area contributed by atoms with Gasteiger partial charge in [-0.05, 0) is 70.2 Å². The Hall–Kier alpha value is -1.89. The van der Waals surface area contributed by atoms with Gasteiger partial charge in [0.2, 0.25) is 0 Å². The lowest BCUT2D eigenvalue weighted by Crippen LogP contribution is -2.11. The maximum absolute atomic E-state index is 12.3. The predicted octanol–water partition coefficient (Wildman–Crippen LogP) is 5.70. The van der Waals surface area contributed by atoms with Gasteiger partial charge in [-0.1, -0.05) is 11.6 Å². The van der Waals surface area contributed by atoms with Crippen molar-refractivity contribution in [3.8, 4) is 5.75 Å². The van der Waals surface area contributed by atoms with Gasteiger partial charge in [-0.25, -0.2) is 4.98 Å². The van der Waals surface area contributed by atoms with E-state index in [0.29, 0.717) is 22.3 Å². The van der Waals surface area contributed by atoms with Crippen LogP contribution in [0.4, 0.5) is 5.82 Å². The van der Waals surface area contributed by atoms with Crippen LogP contribution >= 0.6 is 38.9 Å². The molecule has 0 fully saturated rings. The Bertz CT molecular complexity index is 896. The van der Waals surface area contributed by atoms with E-state index in [2.05, 4.69) is 26.2 Å². The van der Waals surface area contributed by atoms with Crippen LogP contribution in [0.25, 0.3) is 0 Å². The van der Waals surface area contributed by atoms with E-state index in [1.165, 1.54) is 11.3 Å². The lowest BCUT2D eigenvalue weighted by molar-refractivity contribution is 0.103. The summed E-state index contributed by atoms with van der Waals surface area (Å²) < 4.78 is 6.66. The zero-order valence-corrected chi connectivity index (χ0v) is 16.4. The summed E-state index contributed by atoms with van der Waals surface area (Å²) in [4.78, 5) is 17.0. The Balaban J connectivity index is 1.61. The Kier molecular flexibility index (Phi) is 5.73. The van der Waals surface area contributed by atoms with Gasteiger partial charge in [0.1, 0.15) is 18.2 Å². The van der Waals surface area contributed by atoms with Crippen LogP contribution in [0.2, 0.25) is 5.02 Å². The number of halogens is 2. The Morgan fingerprint density at radius 1 is 1.32 bits per heavy atom. The highest BCUT2D eigenvalue weighted by atomic mass is 79.9. The number of nitrogens with zero attached hydrogens (tertiary/aromatic N) is 1. The van der Waals surface area contributed by atoms with E-state index in [4.69, 9.17) is 16.3 Å². The molecule has 0 spiro atoms. The number of aryl methyl sites for hydroxylation is 1. The first kappa shape index (κ1) is 17.9. The average molecular weight is 438 g/mol. The van der Waals surface area contributed by atoms with Crippen molar-refractivity contribution in [2.24, 2.45) is 0 Å². The van der Waals surface area contributed by atoms with Gasteiger partial charge in [0.05, 0.1) is 4.88 Å². The summed E-state index contributed by atoms with van der Waals surface area (Å²) >= 11 is 10.6. The van der Waals surface area contributed by atoms with Crippen LogP contribution in [0.3, 0.4) is 0 Å². The highest BCUT2D eigenvalue weighted by molar-refractivity contribution is 9.10. The monoisotopic (exact) mass is 436 g/mol. The first-order valence-corrected chi connectivity index (χ1v) is 9.45. The van der Waals surface area contributed by atoms with Gasteiger partial charge in [0.15, 0.2) is 0 Å². The molecule has 0 aliphatic carbocycles. The number of pyridine rings is 1. The van der Waals surface area contributed by atoms with Crippen LogP contribution < -0.4 is 10.1 Å². The topological polar surface area (TPSA) is 51.2 Å². The molecule has 4 nitrogen and oxygen atoms in total. The minimum atomic E-state index is -0.186. The van der Waals surface area contributed by atoms with Crippen molar-refractivity contribution in [1.82, 2.24) is 4.98 Å². The number of thiophene rings is 1. The fraction of sp³-hybridized carbons (Fsp3) is 0.111. The molecule has 0 atom stereocenters. The molecular formula is C18H14BrClN2O2S. The van der Waals surface area contributed by atoms with E-state index < -0.39 is 0 Å². The molecule has 0 saturated carbocycles. The van der Waals surface area contributed by atoms with Gasteiger partial charge in [-0.2, -0.15) is 0 Å². The summed E-state index contributed by atoms with van der Waals surface area (Å²) in [6.45, 7) is 2.34. The quantitative estimate of drug-likeness (QED) is 0.557. The highest BCUT2D eigenvalue weighted by Gasteiger charge is 2.11. The lowest BCUT2D eigenvalue weighted by Gasteiger charge is -2.08. The van der Waals surface area contributed by atoms with Crippen LogP contribution in [0.5, 0.6) is 5.75 Å². The molecular weight excluding hydrogens is 424 g/mol. The largest absolute Gasteiger partial charge is 0.489 e. The second kappa shape index (κ2) is 7.99. The Labute approximate surface area is 162 Å². The molecule has 2 heterocycles. The molecule has 0 aliphatic rings. The summed E-state index contributed by atoms with van der Waals surface area (Å²) in [5, 5.41) is 5.37. The molecule has 0 radical (unpaired) electrons. The molecule has 1 amide bonds. The summed E-state index contributed by atoms with van der Waals surface area (Å²) in [7, 11) is 0. The number of hydrogen-bond donors (Lipinski definition) is 1. The number of aromatic nitrogens is 1. The Morgan fingerprint density at radius 2 is 2.16 bits per heavy atom. The molecule has 0 unspecified atom stereocenters. The van der Waals surface area contributed by atoms with E-state index in [1.807, 2.05) is 36.6 Å². The molecule has 1 N–H and O–H groups in total. The smallest absolute Gasteiger partial charge is 0.266 e. The van der Waals surface area contributed by atoms with Crippen LogP contribution in [0.1, 0.15) is 20.8 Å². The molecule has 0 aliphatic heterocycles. The third kappa shape index (κ3) is 4.81. The van der Waals surface area contributed by atoms with Crippen molar-refractivity contribution in [3.63, 3.8) is 0 Å². The van der Waals surface area contributed by atoms with Crippen molar-refractivity contribution in [2.75, 3.05) is 5.32 Å². The van der Waals surface area contributed by atoms with Crippen LogP contribution in [0.15, 0.2) is 52.4 Å². The van der Waals surface area contributed by atoms with E-state index in [-0.39, 0.29) is 5.91 Å². The van der Waals surface area contributed by atoms with Gasteiger partial charge in [0, 0.05) is 21.3 Å². The maximum Gasteiger partial charge on any atom is 0.266 e. The van der Waals surface area contributed by atoms with Crippen LogP contribution in [-0.4, -0.2) is 10.9 Å². The molecule has 7 heteroatoms. The summed E-state index contributed by atoms with van der Waals surface area (Å²) in [6.07, 6.45) is 1.64. The molecule has 2 aromatic heterocycles. The first-order valence-electron chi connectivity index (χ1n) is 7.40. The number of nitrogens with one attached hydrogen (secondary N) is 1. The number of carbonyl (C=O) groups excluding carboxylic acids is 1. The summed E-state index contributed by atoms with van der Waals surface area (Å²) in [5.41, 5.74) is 1.91. The third-order valence-corrected chi connectivity index (χ3v) is 5.06. The number of hydrogen-bond acceptors (Lipinski definition) is 4. The van der Waals surface area contributed by atoms with Crippen LogP contribution in [0, 0.1) is 6.92 Å². The molecule has 3 aromatic rings. The number of ether oxygens (including phenoxy) is 1. The van der Waals surface area contributed by atoms with E-state index in [1.54, 1.807) is 18.3 Å².